The van der Waals surface area contributed by atoms with Gasteiger partial charge in [-0.1, -0.05) is 45.4 Å². The fourth-order valence-corrected chi connectivity index (χ4v) is 3.08. The lowest BCUT2D eigenvalue weighted by atomic mass is 10.1. The first-order chi connectivity index (χ1) is 13.0. The largest absolute Gasteiger partial charge is 0.494 e. The summed E-state index contributed by atoms with van der Waals surface area (Å²) in [4.78, 5) is 21.7. The minimum Gasteiger partial charge on any atom is -0.494 e. The van der Waals surface area contributed by atoms with E-state index >= 15 is 0 Å². The molecule has 152 valence electrons. The lowest BCUT2D eigenvalue weighted by Crippen LogP contribution is -2.01. The molecule has 1 aliphatic rings. The highest BCUT2D eigenvalue weighted by Crippen LogP contribution is 2.27. The molecule has 1 N–H and O–H groups in total. The number of hydrogen-bond donors (Lipinski definition) is 1. The molecule has 3 rings (SSSR count). The molecule has 2 aromatic rings. The average molecular weight is 516 g/mol. The molecular formula is C21H24Br2O5. The van der Waals surface area contributed by atoms with Gasteiger partial charge in [0.15, 0.2) is 5.78 Å². The van der Waals surface area contributed by atoms with E-state index in [4.69, 9.17) is 14.6 Å². The van der Waals surface area contributed by atoms with Crippen LogP contribution >= 0.6 is 31.9 Å². The molecule has 1 aliphatic heterocycles. The molecule has 0 aliphatic carbocycles. The Labute approximate surface area is 182 Å². The standard InChI is InChI=1S/C10H11BrO3.C10H9BrO2.CH4/c11-8-3-1-4-9(7-8)14-6-2-5-10(12)13;11-7-3-4-8-9(12)2-1-5-13-10(8)6-7;/h1,3-4,7H,2,5-6H2,(H,12,13);3-4,6H,1-2,5H2;1H4. The molecule has 0 aromatic heterocycles. The first kappa shape index (κ1) is 24.2. The second-order valence-corrected chi connectivity index (χ2v) is 7.65. The molecule has 7 heteroatoms. The third kappa shape index (κ3) is 8.44. The zero-order chi connectivity index (χ0) is 19.6. The van der Waals surface area contributed by atoms with E-state index in [0.29, 0.717) is 37.4 Å². The van der Waals surface area contributed by atoms with Crippen molar-refractivity contribution in [3.8, 4) is 11.5 Å². The van der Waals surface area contributed by atoms with Crippen molar-refractivity contribution in [3.05, 3.63) is 57.0 Å². The number of halogens is 2. The number of rotatable bonds is 5. The number of Topliss-reactive ketones (excluding diaryl/α,β-unsaturated/α-hetero) is 1. The van der Waals surface area contributed by atoms with Gasteiger partial charge in [0.05, 0.1) is 18.8 Å². The van der Waals surface area contributed by atoms with Crippen molar-refractivity contribution in [2.75, 3.05) is 13.2 Å². The van der Waals surface area contributed by atoms with Gasteiger partial charge in [-0.15, -0.1) is 0 Å². The van der Waals surface area contributed by atoms with E-state index in [1.165, 1.54) is 0 Å². The summed E-state index contributed by atoms with van der Waals surface area (Å²) in [6.45, 7) is 1.07. The van der Waals surface area contributed by atoms with Crippen molar-refractivity contribution in [1.82, 2.24) is 0 Å². The molecule has 0 spiro atoms. The molecule has 0 bridgehead atoms. The number of ether oxygens (including phenoxy) is 2. The Hall–Kier alpha value is -1.86. The summed E-state index contributed by atoms with van der Waals surface area (Å²) in [7, 11) is 0. The van der Waals surface area contributed by atoms with E-state index in [1.54, 1.807) is 0 Å². The quantitative estimate of drug-likeness (QED) is 0.484. The van der Waals surface area contributed by atoms with E-state index in [1.807, 2.05) is 42.5 Å². The summed E-state index contributed by atoms with van der Waals surface area (Å²) in [5.74, 6) is 0.851. The van der Waals surface area contributed by atoms with Crippen LogP contribution in [0.15, 0.2) is 51.4 Å². The van der Waals surface area contributed by atoms with Crippen LogP contribution in [0.4, 0.5) is 0 Å². The second kappa shape index (κ2) is 12.6. The second-order valence-electron chi connectivity index (χ2n) is 5.82. The maximum Gasteiger partial charge on any atom is 0.303 e. The Morgan fingerprint density at radius 2 is 1.89 bits per heavy atom. The van der Waals surface area contributed by atoms with Crippen molar-refractivity contribution >= 4 is 43.6 Å². The number of ketones is 1. The Kier molecular flexibility index (Phi) is 10.9. The minimum absolute atomic E-state index is 0. The van der Waals surface area contributed by atoms with Gasteiger partial charge in [0.25, 0.3) is 0 Å². The van der Waals surface area contributed by atoms with E-state index < -0.39 is 5.97 Å². The summed E-state index contributed by atoms with van der Waals surface area (Å²) in [6, 6.07) is 13.0. The lowest BCUT2D eigenvalue weighted by Gasteiger charge is -2.05. The predicted molar refractivity (Wildman–Crippen MR) is 116 cm³/mol. The highest BCUT2D eigenvalue weighted by molar-refractivity contribution is 9.10. The van der Waals surface area contributed by atoms with Gasteiger partial charge in [-0.25, -0.2) is 0 Å². The predicted octanol–water partition coefficient (Wildman–Crippen LogP) is 6.13. The molecule has 0 fully saturated rings. The number of benzene rings is 2. The van der Waals surface area contributed by atoms with Gasteiger partial charge in [0.1, 0.15) is 11.5 Å². The summed E-state index contributed by atoms with van der Waals surface area (Å²) >= 11 is 6.66. The number of fused-ring (bicyclic) bond motifs is 1. The van der Waals surface area contributed by atoms with Crippen LogP contribution in [0.3, 0.4) is 0 Å². The average Bonchev–Trinajstić information content (AvgIpc) is 2.80. The van der Waals surface area contributed by atoms with Crippen LogP contribution in [0, 0.1) is 0 Å². The molecule has 2 aromatic carbocycles. The fraction of sp³-hybridized carbons (Fsp3) is 0.333. The Morgan fingerprint density at radius 1 is 1.14 bits per heavy atom. The van der Waals surface area contributed by atoms with Gasteiger partial charge >= 0.3 is 5.97 Å². The monoisotopic (exact) mass is 514 g/mol. The molecule has 1 heterocycles. The first-order valence-corrected chi connectivity index (χ1v) is 10.1. The zero-order valence-electron chi connectivity index (χ0n) is 14.6. The third-order valence-corrected chi connectivity index (χ3v) is 4.64. The van der Waals surface area contributed by atoms with Crippen LogP contribution in [-0.4, -0.2) is 30.1 Å². The number of carbonyl (C=O) groups is 2. The van der Waals surface area contributed by atoms with Gasteiger partial charge in [-0.3, -0.25) is 9.59 Å². The van der Waals surface area contributed by atoms with Gasteiger partial charge in [-0.05, 0) is 49.2 Å². The highest BCUT2D eigenvalue weighted by Gasteiger charge is 2.16. The zero-order valence-corrected chi connectivity index (χ0v) is 17.8. The highest BCUT2D eigenvalue weighted by atomic mass is 79.9. The normalized spacial score (nSPS) is 12.3. The van der Waals surface area contributed by atoms with Crippen LogP contribution in [-0.2, 0) is 4.79 Å². The number of carboxylic acid groups (broad SMARTS) is 1. The van der Waals surface area contributed by atoms with Crippen LogP contribution in [0.1, 0.15) is 43.5 Å². The van der Waals surface area contributed by atoms with Crippen molar-refractivity contribution in [3.63, 3.8) is 0 Å². The Morgan fingerprint density at radius 3 is 2.61 bits per heavy atom. The van der Waals surface area contributed by atoms with Crippen LogP contribution in [0.25, 0.3) is 0 Å². The molecule has 0 atom stereocenters. The molecule has 0 saturated carbocycles. The van der Waals surface area contributed by atoms with Gasteiger partial charge in [-0.2, -0.15) is 0 Å². The SMILES string of the molecule is C.O=C(O)CCCOc1cccc(Br)c1.O=C1CCCOc2cc(Br)ccc21. The molecule has 0 amide bonds. The number of carbonyl (C=O) groups excluding carboxylic acids is 1. The molecular weight excluding hydrogens is 492 g/mol. The summed E-state index contributed by atoms with van der Waals surface area (Å²) in [6.07, 6.45) is 2.08. The van der Waals surface area contributed by atoms with Crippen molar-refractivity contribution in [2.24, 2.45) is 0 Å². The van der Waals surface area contributed by atoms with Crippen molar-refractivity contribution in [1.29, 1.82) is 0 Å². The van der Waals surface area contributed by atoms with Crippen LogP contribution in [0.5, 0.6) is 11.5 Å². The molecule has 28 heavy (non-hydrogen) atoms. The minimum atomic E-state index is -0.789. The van der Waals surface area contributed by atoms with E-state index in [0.717, 1.165) is 21.1 Å². The fourth-order valence-electron chi connectivity index (χ4n) is 2.37. The van der Waals surface area contributed by atoms with E-state index in [9.17, 15) is 9.59 Å². The number of carboxylic acids is 1. The van der Waals surface area contributed by atoms with Gasteiger partial charge in [0.2, 0.25) is 0 Å². The van der Waals surface area contributed by atoms with Crippen molar-refractivity contribution in [2.45, 2.75) is 33.1 Å². The first-order valence-electron chi connectivity index (χ1n) is 8.51. The molecule has 0 unspecified atom stereocenters. The Bertz CT molecular complexity index is 792. The maximum absolute atomic E-state index is 11.5. The van der Waals surface area contributed by atoms with E-state index in [-0.39, 0.29) is 19.6 Å². The van der Waals surface area contributed by atoms with Crippen LogP contribution < -0.4 is 9.47 Å². The van der Waals surface area contributed by atoms with Crippen molar-refractivity contribution < 1.29 is 24.2 Å². The number of hydrogen-bond acceptors (Lipinski definition) is 4. The molecule has 0 saturated heterocycles. The van der Waals surface area contributed by atoms with Crippen LogP contribution in [0.2, 0.25) is 0 Å². The number of aliphatic carboxylic acids is 1. The van der Waals surface area contributed by atoms with Gasteiger partial charge in [0, 0.05) is 21.8 Å². The van der Waals surface area contributed by atoms with E-state index in [2.05, 4.69) is 31.9 Å². The molecule has 5 nitrogen and oxygen atoms in total. The van der Waals surface area contributed by atoms with Gasteiger partial charge < -0.3 is 14.6 Å². The third-order valence-electron chi connectivity index (χ3n) is 3.65. The topological polar surface area (TPSA) is 72.8 Å². The maximum atomic E-state index is 11.5. The summed E-state index contributed by atoms with van der Waals surface area (Å²) < 4.78 is 12.7. The lowest BCUT2D eigenvalue weighted by molar-refractivity contribution is -0.137. The smallest absolute Gasteiger partial charge is 0.303 e. The molecule has 0 radical (unpaired) electrons. The summed E-state index contributed by atoms with van der Waals surface area (Å²) in [5.41, 5.74) is 0.709. The summed E-state index contributed by atoms with van der Waals surface area (Å²) in [5, 5.41) is 8.39. The Balaban J connectivity index is 0.000000271.